The van der Waals surface area contributed by atoms with Gasteiger partial charge in [0.25, 0.3) is 5.91 Å². The van der Waals surface area contributed by atoms with Crippen LogP contribution in [0.5, 0.6) is 0 Å². The fraction of sp³-hybridized carbons (Fsp3) is 0.381. The Bertz CT molecular complexity index is 970. The number of hydrogen-bond donors (Lipinski definition) is 2. The van der Waals surface area contributed by atoms with E-state index < -0.39 is 0 Å². The topological polar surface area (TPSA) is 77.1 Å². The van der Waals surface area contributed by atoms with Crippen LogP contribution in [-0.2, 0) is 0 Å². The molecule has 7 heteroatoms. The molecule has 28 heavy (non-hydrogen) atoms. The summed E-state index contributed by atoms with van der Waals surface area (Å²) in [5.74, 6) is 0.926. The molecule has 0 spiro atoms. The van der Waals surface area contributed by atoms with Gasteiger partial charge in [-0.05, 0) is 44.7 Å². The standard InChI is InChI=1S/C21H26N6O/c1-14(2)24-19-17-12-18(25-20(17)23-13-22-19)15-4-6-16(7-5-15)21(28)27-10-8-26(3)9-11-27/h4-7,12-14H,8-11H2,1-3H3,(H2,22,23,24,25). The van der Waals surface area contributed by atoms with Crippen molar-refractivity contribution in [3.05, 3.63) is 42.2 Å². The third kappa shape index (κ3) is 3.71. The SMILES string of the molecule is CC(C)Nc1ncnc2[nH]c(-c3ccc(C(=O)N4CCN(C)CC4)cc3)cc12. The van der Waals surface area contributed by atoms with E-state index in [0.29, 0.717) is 0 Å². The zero-order valence-electron chi connectivity index (χ0n) is 16.6. The number of anilines is 1. The normalized spacial score (nSPS) is 15.4. The van der Waals surface area contributed by atoms with Crippen LogP contribution in [0.1, 0.15) is 24.2 Å². The molecule has 2 aromatic heterocycles. The predicted molar refractivity (Wildman–Crippen MR) is 111 cm³/mol. The first-order chi connectivity index (χ1) is 13.5. The van der Waals surface area contributed by atoms with Gasteiger partial charge in [-0.15, -0.1) is 0 Å². The van der Waals surface area contributed by atoms with Gasteiger partial charge in [0.05, 0.1) is 5.39 Å². The number of nitrogens with zero attached hydrogens (tertiary/aromatic N) is 4. The number of aromatic nitrogens is 3. The number of H-pyrrole nitrogens is 1. The first kappa shape index (κ1) is 18.4. The van der Waals surface area contributed by atoms with Crippen molar-refractivity contribution in [3.8, 4) is 11.3 Å². The fourth-order valence-electron chi connectivity index (χ4n) is 3.47. The van der Waals surface area contributed by atoms with Crippen molar-refractivity contribution >= 4 is 22.8 Å². The highest BCUT2D eigenvalue weighted by Gasteiger charge is 2.20. The third-order valence-electron chi connectivity index (χ3n) is 5.08. The Morgan fingerprint density at radius 3 is 2.50 bits per heavy atom. The van der Waals surface area contributed by atoms with E-state index in [1.807, 2.05) is 29.2 Å². The van der Waals surface area contributed by atoms with E-state index in [2.05, 4.69) is 52.1 Å². The Hall–Kier alpha value is -2.93. The molecule has 0 saturated carbocycles. The average molecular weight is 378 g/mol. The highest BCUT2D eigenvalue weighted by molar-refractivity contribution is 5.95. The van der Waals surface area contributed by atoms with Gasteiger partial charge in [-0.2, -0.15) is 0 Å². The van der Waals surface area contributed by atoms with Crippen molar-refractivity contribution in [3.63, 3.8) is 0 Å². The Balaban J connectivity index is 1.56. The van der Waals surface area contributed by atoms with Crippen LogP contribution in [-0.4, -0.2) is 69.9 Å². The number of rotatable bonds is 4. The smallest absolute Gasteiger partial charge is 0.253 e. The van der Waals surface area contributed by atoms with Crippen molar-refractivity contribution in [1.82, 2.24) is 24.8 Å². The number of carbonyl (C=O) groups excluding carboxylic acids is 1. The Morgan fingerprint density at radius 2 is 1.82 bits per heavy atom. The lowest BCUT2D eigenvalue weighted by Crippen LogP contribution is -2.47. The molecule has 1 saturated heterocycles. The molecule has 1 amide bonds. The lowest BCUT2D eigenvalue weighted by atomic mass is 10.1. The molecule has 0 unspecified atom stereocenters. The number of hydrogen-bond acceptors (Lipinski definition) is 5. The van der Waals surface area contributed by atoms with Crippen LogP contribution in [0, 0.1) is 0 Å². The summed E-state index contributed by atoms with van der Waals surface area (Å²) in [6.07, 6.45) is 1.56. The molecule has 1 aliphatic rings. The Kier molecular flexibility index (Phi) is 5.00. The van der Waals surface area contributed by atoms with Crippen LogP contribution >= 0.6 is 0 Å². The minimum absolute atomic E-state index is 0.102. The first-order valence-corrected chi connectivity index (χ1v) is 9.70. The summed E-state index contributed by atoms with van der Waals surface area (Å²) in [5, 5.41) is 4.31. The number of likely N-dealkylation sites (N-methyl/N-ethyl adjacent to an activating group) is 1. The van der Waals surface area contributed by atoms with Crippen molar-refractivity contribution < 1.29 is 4.79 Å². The molecule has 3 aromatic rings. The summed E-state index contributed by atoms with van der Waals surface area (Å²) >= 11 is 0. The van der Waals surface area contributed by atoms with Gasteiger partial charge in [-0.1, -0.05) is 12.1 Å². The van der Waals surface area contributed by atoms with Crippen LogP contribution in [0.15, 0.2) is 36.7 Å². The van der Waals surface area contributed by atoms with Gasteiger partial charge in [-0.25, -0.2) is 9.97 Å². The molecule has 3 heterocycles. The maximum atomic E-state index is 12.7. The number of fused-ring (bicyclic) bond motifs is 1. The van der Waals surface area contributed by atoms with Crippen LogP contribution in [0.2, 0.25) is 0 Å². The third-order valence-corrected chi connectivity index (χ3v) is 5.08. The maximum Gasteiger partial charge on any atom is 0.253 e. The summed E-state index contributed by atoms with van der Waals surface area (Å²) < 4.78 is 0. The molecule has 0 atom stereocenters. The van der Waals surface area contributed by atoms with Gasteiger partial charge >= 0.3 is 0 Å². The van der Waals surface area contributed by atoms with E-state index >= 15 is 0 Å². The second-order valence-electron chi connectivity index (χ2n) is 7.64. The molecular formula is C21H26N6O. The minimum Gasteiger partial charge on any atom is -0.367 e. The molecule has 146 valence electrons. The number of benzene rings is 1. The second kappa shape index (κ2) is 7.59. The Morgan fingerprint density at radius 1 is 1.11 bits per heavy atom. The molecule has 7 nitrogen and oxygen atoms in total. The van der Waals surface area contributed by atoms with Gasteiger partial charge in [-0.3, -0.25) is 4.79 Å². The summed E-state index contributed by atoms with van der Waals surface area (Å²) in [7, 11) is 2.09. The van der Waals surface area contributed by atoms with Crippen LogP contribution in [0.25, 0.3) is 22.3 Å². The zero-order valence-corrected chi connectivity index (χ0v) is 16.6. The molecule has 2 N–H and O–H groups in total. The van der Waals surface area contributed by atoms with E-state index in [1.54, 1.807) is 6.33 Å². The van der Waals surface area contributed by atoms with Gasteiger partial charge in [0, 0.05) is 43.5 Å². The molecule has 1 aliphatic heterocycles. The largest absolute Gasteiger partial charge is 0.367 e. The van der Waals surface area contributed by atoms with Gasteiger partial charge in [0.2, 0.25) is 0 Å². The van der Waals surface area contributed by atoms with Gasteiger partial charge < -0.3 is 20.1 Å². The van der Waals surface area contributed by atoms with Crippen molar-refractivity contribution in [1.29, 1.82) is 0 Å². The molecular weight excluding hydrogens is 352 g/mol. The molecule has 0 aliphatic carbocycles. The minimum atomic E-state index is 0.102. The highest BCUT2D eigenvalue weighted by atomic mass is 16.2. The van der Waals surface area contributed by atoms with E-state index in [4.69, 9.17) is 0 Å². The number of aromatic amines is 1. The van der Waals surface area contributed by atoms with Crippen molar-refractivity contribution in [2.24, 2.45) is 0 Å². The summed E-state index contributed by atoms with van der Waals surface area (Å²) in [4.78, 5) is 28.9. The molecule has 0 bridgehead atoms. The van der Waals surface area contributed by atoms with E-state index in [-0.39, 0.29) is 11.9 Å². The second-order valence-corrected chi connectivity index (χ2v) is 7.64. The van der Waals surface area contributed by atoms with Crippen molar-refractivity contribution in [2.45, 2.75) is 19.9 Å². The lowest BCUT2D eigenvalue weighted by molar-refractivity contribution is 0.0664. The maximum absolute atomic E-state index is 12.7. The van der Waals surface area contributed by atoms with Crippen LogP contribution in [0.3, 0.4) is 0 Å². The van der Waals surface area contributed by atoms with Gasteiger partial charge in [0.15, 0.2) is 0 Å². The monoisotopic (exact) mass is 378 g/mol. The van der Waals surface area contributed by atoms with E-state index in [0.717, 1.165) is 59.9 Å². The number of nitrogens with one attached hydrogen (secondary N) is 2. The number of amides is 1. The number of carbonyl (C=O) groups is 1. The van der Waals surface area contributed by atoms with E-state index in [9.17, 15) is 4.79 Å². The summed E-state index contributed by atoms with van der Waals surface area (Å²) in [5.41, 5.74) is 3.50. The summed E-state index contributed by atoms with van der Waals surface area (Å²) in [6, 6.07) is 10.1. The predicted octanol–water partition coefficient (Wildman–Crippen LogP) is 2.83. The fourth-order valence-corrected chi connectivity index (χ4v) is 3.47. The molecule has 0 radical (unpaired) electrons. The van der Waals surface area contributed by atoms with Crippen LogP contribution in [0.4, 0.5) is 5.82 Å². The van der Waals surface area contributed by atoms with Crippen LogP contribution < -0.4 is 5.32 Å². The first-order valence-electron chi connectivity index (χ1n) is 9.70. The number of piperazine rings is 1. The van der Waals surface area contributed by atoms with E-state index in [1.165, 1.54) is 0 Å². The Labute approximate surface area is 164 Å². The average Bonchev–Trinajstić information content (AvgIpc) is 3.13. The highest BCUT2D eigenvalue weighted by Crippen LogP contribution is 2.27. The lowest BCUT2D eigenvalue weighted by Gasteiger charge is -2.32. The quantitative estimate of drug-likeness (QED) is 0.730. The van der Waals surface area contributed by atoms with Crippen molar-refractivity contribution in [2.75, 3.05) is 38.5 Å². The molecule has 4 rings (SSSR count). The molecule has 1 fully saturated rings. The van der Waals surface area contributed by atoms with Gasteiger partial charge in [0.1, 0.15) is 17.8 Å². The molecule has 1 aromatic carbocycles. The summed E-state index contributed by atoms with van der Waals surface area (Å²) in [6.45, 7) is 7.57. The zero-order chi connectivity index (χ0) is 19.7.